The third kappa shape index (κ3) is 3.45. The van der Waals surface area contributed by atoms with Gasteiger partial charge in [0.25, 0.3) is 0 Å². The summed E-state index contributed by atoms with van der Waals surface area (Å²) in [5, 5.41) is 0. The molecule has 0 radical (unpaired) electrons. The normalized spacial score (nSPS) is 10.7. The van der Waals surface area contributed by atoms with Crippen LogP contribution in [0.25, 0.3) is 0 Å². The standard InChI is InChI=1S/C15H20N4O/c1-11(2)20-14-8-9-17-15(18-14)19(3)13-6-4-12(10-16)5-7-13/h4-9,11H,10,16H2,1-3H3. The van der Waals surface area contributed by atoms with E-state index in [2.05, 4.69) is 9.97 Å². The molecule has 0 aliphatic heterocycles. The molecule has 106 valence electrons. The molecule has 0 saturated heterocycles. The Bertz CT molecular complexity index is 554. The van der Waals surface area contributed by atoms with Crippen molar-refractivity contribution in [3.63, 3.8) is 0 Å². The SMILES string of the molecule is CC(C)Oc1ccnc(N(C)c2ccc(CN)cc2)n1. The summed E-state index contributed by atoms with van der Waals surface area (Å²) < 4.78 is 5.58. The third-order valence-corrected chi connectivity index (χ3v) is 2.83. The molecule has 0 amide bonds. The van der Waals surface area contributed by atoms with Gasteiger partial charge in [0, 0.05) is 31.5 Å². The molecule has 2 N–H and O–H groups in total. The van der Waals surface area contributed by atoms with Crippen LogP contribution in [0.2, 0.25) is 0 Å². The second-order valence-electron chi connectivity index (χ2n) is 4.79. The smallest absolute Gasteiger partial charge is 0.232 e. The molecule has 0 unspecified atom stereocenters. The summed E-state index contributed by atoms with van der Waals surface area (Å²) in [6, 6.07) is 9.76. The molecule has 1 aromatic carbocycles. The van der Waals surface area contributed by atoms with Crippen molar-refractivity contribution in [2.24, 2.45) is 5.73 Å². The predicted molar refractivity (Wildman–Crippen MR) is 80.2 cm³/mol. The van der Waals surface area contributed by atoms with Gasteiger partial charge in [-0.25, -0.2) is 4.98 Å². The van der Waals surface area contributed by atoms with Crippen molar-refractivity contribution in [1.29, 1.82) is 0 Å². The van der Waals surface area contributed by atoms with Crippen LogP contribution < -0.4 is 15.4 Å². The molecule has 0 aliphatic carbocycles. The van der Waals surface area contributed by atoms with E-state index in [0.717, 1.165) is 11.3 Å². The summed E-state index contributed by atoms with van der Waals surface area (Å²) in [5.41, 5.74) is 7.70. The third-order valence-electron chi connectivity index (χ3n) is 2.83. The lowest BCUT2D eigenvalue weighted by molar-refractivity contribution is 0.232. The fourth-order valence-corrected chi connectivity index (χ4v) is 1.77. The molecule has 5 heteroatoms. The fraction of sp³-hybridized carbons (Fsp3) is 0.333. The number of aromatic nitrogens is 2. The van der Waals surface area contributed by atoms with Gasteiger partial charge in [-0.15, -0.1) is 0 Å². The van der Waals surface area contributed by atoms with Crippen LogP contribution in [0.15, 0.2) is 36.5 Å². The number of anilines is 2. The highest BCUT2D eigenvalue weighted by Crippen LogP contribution is 2.22. The molecule has 0 bridgehead atoms. The number of nitrogens with zero attached hydrogens (tertiary/aromatic N) is 3. The Hall–Kier alpha value is -2.14. The van der Waals surface area contributed by atoms with E-state index in [1.54, 1.807) is 12.3 Å². The summed E-state index contributed by atoms with van der Waals surface area (Å²) in [5.74, 6) is 1.18. The first kappa shape index (κ1) is 14.3. The lowest BCUT2D eigenvalue weighted by Gasteiger charge is -2.18. The van der Waals surface area contributed by atoms with Crippen molar-refractivity contribution >= 4 is 11.6 Å². The molecule has 0 atom stereocenters. The van der Waals surface area contributed by atoms with E-state index in [1.165, 1.54) is 0 Å². The van der Waals surface area contributed by atoms with E-state index in [-0.39, 0.29) is 6.10 Å². The van der Waals surface area contributed by atoms with Crippen LogP contribution in [-0.2, 0) is 6.54 Å². The lowest BCUT2D eigenvalue weighted by atomic mass is 10.2. The maximum Gasteiger partial charge on any atom is 0.232 e. The number of hydrogen-bond donors (Lipinski definition) is 1. The maximum atomic E-state index is 5.60. The van der Waals surface area contributed by atoms with Gasteiger partial charge < -0.3 is 15.4 Å². The quantitative estimate of drug-likeness (QED) is 0.906. The lowest BCUT2D eigenvalue weighted by Crippen LogP contribution is -2.14. The molecule has 1 aromatic heterocycles. The number of rotatable bonds is 5. The van der Waals surface area contributed by atoms with Gasteiger partial charge in [-0.05, 0) is 31.5 Å². The van der Waals surface area contributed by atoms with Crippen molar-refractivity contribution in [3.8, 4) is 5.88 Å². The Kier molecular flexibility index (Phi) is 4.53. The molecule has 20 heavy (non-hydrogen) atoms. The zero-order valence-corrected chi connectivity index (χ0v) is 12.1. The molecule has 2 rings (SSSR count). The first-order valence-corrected chi connectivity index (χ1v) is 6.62. The number of benzene rings is 1. The minimum Gasteiger partial charge on any atom is -0.475 e. The average molecular weight is 272 g/mol. The Morgan fingerprint density at radius 1 is 1.20 bits per heavy atom. The van der Waals surface area contributed by atoms with Gasteiger partial charge in [-0.2, -0.15) is 4.98 Å². The first-order valence-electron chi connectivity index (χ1n) is 6.62. The van der Waals surface area contributed by atoms with Crippen LogP contribution in [0.3, 0.4) is 0 Å². The van der Waals surface area contributed by atoms with E-state index in [0.29, 0.717) is 18.4 Å². The van der Waals surface area contributed by atoms with E-state index >= 15 is 0 Å². The molecular formula is C15H20N4O. The van der Waals surface area contributed by atoms with Crippen LogP contribution in [0.4, 0.5) is 11.6 Å². The molecule has 2 aromatic rings. The van der Waals surface area contributed by atoms with Gasteiger partial charge in [0.05, 0.1) is 6.10 Å². The Balaban J connectivity index is 2.20. The summed E-state index contributed by atoms with van der Waals surface area (Å²) in [6.07, 6.45) is 1.79. The highest BCUT2D eigenvalue weighted by atomic mass is 16.5. The molecule has 1 heterocycles. The van der Waals surface area contributed by atoms with E-state index in [1.807, 2.05) is 50.1 Å². The number of ether oxygens (including phenoxy) is 1. The van der Waals surface area contributed by atoms with Crippen LogP contribution in [-0.4, -0.2) is 23.1 Å². The average Bonchev–Trinajstić information content (AvgIpc) is 2.46. The molecule has 0 aliphatic rings. The Morgan fingerprint density at radius 2 is 1.90 bits per heavy atom. The first-order chi connectivity index (χ1) is 9.60. The monoisotopic (exact) mass is 272 g/mol. The number of nitrogens with two attached hydrogens (primary N) is 1. The predicted octanol–water partition coefficient (Wildman–Crippen LogP) is 2.49. The van der Waals surface area contributed by atoms with Crippen molar-refractivity contribution in [2.75, 3.05) is 11.9 Å². The van der Waals surface area contributed by atoms with Gasteiger partial charge in [0.2, 0.25) is 11.8 Å². The Labute approximate surface area is 119 Å². The van der Waals surface area contributed by atoms with Crippen LogP contribution in [0, 0.1) is 0 Å². The highest BCUT2D eigenvalue weighted by molar-refractivity contribution is 5.56. The Morgan fingerprint density at radius 3 is 2.50 bits per heavy atom. The topological polar surface area (TPSA) is 64.3 Å². The van der Waals surface area contributed by atoms with E-state index < -0.39 is 0 Å². The molecule has 0 fully saturated rings. The summed E-state index contributed by atoms with van der Waals surface area (Å²) in [6.45, 7) is 4.48. The minimum atomic E-state index is 0.0897. The van der Waals surface area contributed by atoms with Gasteiger partial charge in [-0.1, -0.05) is 12.1 Å². The van der Waals surface area contributed by atoms with Crippen LogP contribution in [0.5, 0.6) is 5.88 Å². The minimum absolute atomic E-state index is 0.0897. The highest BCUT2D eigenvalue weighted by Gasteiger charge is 2.09. The van der Waals surface area contributed by atoms with Gasteiger partial charge in [0.1, 0.15) is 0 Å². The molecule has 5 nitrogen and oxygen atoms in total. The van der Waals surface area contributed by atoms with Crippen LogP contribution >= 0.6 is 0 Å². The summed E-state index contributed by atoms with van der Waals surface area (Å²) in [4.78, 5) is 10.6. The molecule has 0 saturated carbocycles. The zero-order chi connectivity index (χ0) is 14.5. The molecular weight excluding hydrogens is 252 g/mol. The van der Waals surface area contributed by atoms with Crippen molar-refractivity contribution in [1.82, 2.24) is 9.97 Å². The second-order valence-corrected chi connectivity index (χ2v) is 4.79. The summed E-state index contributed by atoms with van der Waals surface area (Å²) >= 11 is 0. The van der Waals surface area contributed by atoms with Crippen molar-refractivity contribution in [2.45, 2.75) is 26.5 Å². The van der Waals surface area contributed by atoms with Gasteiger partial charge in [0.15, 0.2) is 0 Å². The second kappa shape index (κ2) is 6.34. The maximum absolute atomic E-state index is 5.60. The number of hydrogen-bond acceptors (Lipinski definition) is 5. The van der Waals surface area contributed by atoms with E-state index in [9.17, 15) is 0 Å². The van der Waals surface area contributed by atoms with Gasteiger partial charge >= 0.3 is 0 Å². The fourth-order valence-electron chi connectivity index (χ4n) is 1.77. The van der Waals surface area contributed by atoms with E-state index in [4.69, 9.17) is 10.5 Å². The summed E-state index contributed by atoms with van der Waals surface area (Å²) in [7, 11) is 1.92. The van der Waals surface area contributed by atoms with Gasteiger partial charge in [-0.3, -0.25) is 0 Å². The molecule has 0 spiro atoms. The largest absolute Gasteiger partial charge is 0.475 e. The van der Waals surface area contributed by atoms with Crippen molar-refractivity contribution < 1.29 is 4.74 Å². The zero-order valence-electron chi connectivity index (χ0n) is 12.1. The van der Waals surface area contributed by atoms with Crippen molar-refractivity contribution in [3.05, 3.63) is 42.1 Å². The van der Waals surface area contributed by atoms with Crippen LogP contribution in [0.1, 0.15) is 19.4 Å².